The summed E-state index contributed by atoms with van der Waals surface area (Å²) in [4.78, 5) is 4.13. The Morgan fingerprint density at radius 1 is 1.92 bits per heavy atom. The molecular weight excluding hydrogens is 212 g/mol. The van der Waals surface area contributed by atoms with E-state index in [2.05, 4.69) is 10.1 Å². The molecule has 0 bridgehead atoms. The maximum atomic E-state index is 8.09. The Bertz CT molecular complexity index is 225. The summed E-state index contributed by atoms with van der Waals surface area (Å²) in [6.45, 7) is 2.59. The monoisotopic (exact) mass is 222 g/mol. The van der Waals surface area contributed by atoms with Gasteiger partial charge in [0.1, 0.15) is 4.21 Å². The fraction of sp³-hybridized carbons (Fsp3) is 0.714. The van der Waals surface area contributed by atoms with Gasteiger partial charge in [-0.1, -0.05) is 16.8 Å². The van der Waals surface area contributed by atoms with Crippen molar-refractivity contribution in [1.29, 1.82) is 0 Å². The summed E-state index contributed by atoms with van der Waals surface area (Å²) >= 11 is 7.66. The first-order chi connectivity index (χ1) is 6.16. The van der Waals surface area contributed by atoms with E-state index in [1.54, 1.807) is 6.21 Å². The van der Waals surface area contributed by atoms with Gasteiger partial charge in [0, 0.05) is 6.21 Å². The molecule has 0 saturated heterocycles. The van der Waals surface area contributed by atoms with Gasteiger partial charge in [-0.25, -0.2) is 0 Å². The predicted molar refractivity (Wildman–Crippen MR) is 55.2 cm³/mol. The Labute approximate surface area is 86.0 Å². The molecule has 0 radical (unpaired) electrons. The molecule has 2 unspecified atom stereocenters. The molecule has 1 rings (SSSR count). The van der Waals surface area contributed by atoms with Crippen LogP contribution < -0.4 is 0 Å². The largest absolute Gasteiger partial charge is 0.411 e. The minimum atomic E-state index is -0.553. The summed E-state index contributed by atoms with van der Waals surface area (Å²) in [5.74, 6) is 0. The van der Waals surface area contributed by atoms with E-state index < -0.39 is 4.21 Å². The Morgan fingerprint density at radius 3 is 3.23 bits per heavy atom. The maximum Gasteiger partial charge on any atom is 0.150 e. The van der Waals surface area contributed by atoms with Crippen molar-refractivity contribution in [3.63, 3.8) is 0 Å². The predicted octanol–water partition coefficient (Wildman–Crippen LogP) is 1.56. The molecule has 1 N–H and O–H groups in total. The molecule has 0 aliphatic carbocycles. The van der Waals surface area contributed by atoms with Crippen molar-refractivity contribution in [2.24, 2.45) is 10.1 Å². The molecule has 13 heavy (non-hydrogen) atoms. The van der Waals surface area contributed by atoms with Gasteiger partial charge in [-0.2, -0.15) is 0 Å². The average molecular weight is 223 g/mol. The van der Waals surface area contributed by atoms with Gasteiger partial charge in [0.2, 0.25) is 0 Å². The second-order valence-corrected chi connectivity index (χ2v) is 5.14. The molecule has 0 aromatic heterocycles. The quantitative estimate of drug-likeness (QED) is 0.258. The van der Waals surface area contributed by atoms with Crippen molar-refractivity contribution in [2.45, 2.75) is 16.5 Å². The van der Waals surface area contributed by atoms with Gasteiger partial charge in [0.05, 0.1) is 24.8 Å². The van der Waals surface area contributed by atoms with Crippen LogP contribution in [0.5, 0.6) is 0 Å². The van der Waals surface area contributed by atoms with E-state index in [0.29, 0.717) is 6.61 Å². The Balaban J connectivity index is 2.24. The summed E-state index contributed by atoms with van der Waals surface area (Å²) in [5.41, 5.74) is 0. The molecule has 1 aliphatic rings. The minimum absolute atomic E-state index is 0.188. The summed E-state index contributed by atoms with van der Waals surface area (Å²) in [6.07, 6.45) is 2.96. The fourth-order valence-electron chi connectivity index (χ4n) is 0.916. The highest BCUT2D eigenvalue weighted by Gasteiger charge is 2.33. The van der Waals surface area contributed by atoms with E-state index in [4.69, 9.17) is 21.5 Å². The standard InChI is InChI=1S/C7H11ClN2O2S/c1-6-9-4-7(8,13-6)5-12-3-2-10-11/h2,4,6,11H,3,5H2,1H3. The number of thioether (sulfide) groups is 1. The van der Waals surface area contributed by atoms with Gasteiger partial charge in [0.15, 0.2) is 0 Å². The molecule has 0 fully saturated rings. The van der Waals surface area contributed by atoms with Gasteiger partial charge in [-0.3, -0.25) is 4.99 Å². The van der Waals surface area contributed by atoms with Gasteiger partial charge < -0.3 is 9.94 Å². The lowest BCUT2D eigenvalue weighted by Crippen LogP contribution is -2.24. The van der Waals surface area contributed by atoms with Crippen LogP contribution in [-0.4, -0.2) is 40.4 Å². The van der Waals surface area contributed by atoms with Crippen molar-refractivity contribution in [3.05, 3.63) is 0 Å². The number of alkyl halides is 1. The molecular formula is C7H11ClN2O2S. The Hall–Kier alpha value is -0.260. The lowest BCUT2D eigenvalue weighted by atomic mass is 10.5. The smallest absolute Gasteiger partial charge is 0.150 e. The number of hydrogen-bond donors (Lipinski definition) is 1. The number of rotatable bonds is 4. The molecule has 1 heterocycles. The highest BCUT2D eigenvalue weighted by Crippen LogP contribution is 2.37. The topological polar surface area (TPSA) is 54.2 Å². The van der Waals surface area contributed by atoms with Crippen LogP contribution >= 0.6 is 23.4 Å². The first-order valence-electron chi connectivity index (χ1n) is 3.81. The molecule has 74 valence electrons. The molecule has 0 amide bonds. The van der Waals surface area contributed by atoms with E-state index in [9.17, 15) is 0 Å². The fourth-order valence-corrected chi connectivity index (χ4v) is 2.40. The van der Waals surface area contributed by atoms with Crippen LogP contribution in [0.1, 0.15) is 6.92 Å². The van der Waals surface area contributed by atoms with Crippen LogP contribution in [0.15, 0.2) is 10.1 Å². The number of halogens is 1. The highest BCUT2D eigenvalue weighted by atomic mass is 35.5. The normalized spacial score (nSPS) is 33.2. The molecule has 0 aromatic carbocycles. The van der Waals surface area contributed by atoms with Crippen LogP contribution in [0.4, 0.5) is 0 Å². The van der Waals surface area contributed by atoms with Crippen LogP contribution in [0.2, 0.25) is 0 Å². The molecule has 4 nitrogen and oxygen atoms in total. The third kappa shape index (κ3) is 3.54. The second kappa shape index (κ2) is 4.83. The number of nitrogens with zero attached hydrogens (tertiary/aromatic N) is 2. The van der Waals surface area contributed by atoms with Crippen molar-refractivity contribution < 1.29 is 9.94 Å². The van der Waals surface area contributed by atoms with Crippen molar-refractivity contribution in [2.75, 3.05) is 13.2 Å². The summed E-state index contributed by atoms with van der Waals surface area (Å²) in [6, 6.07) is 0. The van der Waals surface area contributed by atoms with Gasteiger partial charge in [0.25, 0.3) is 0 Å². The number of hydrogen-bond acceptors (Lipinski definition) is 5. The zero-order chi connectivity index (χ0) is 9.73. The zero-order valence-electron chi connectivity index (χ0n) is 7.18. The summed E-state index contributed by atoms with van der Waals surface area (Å²) < 4.78 is 4.60. The van der Waals surface area contributed by atoms with E-state index in [1.165, 1.54) is 18.0 Å². The van der Waals surface area contributed by atoms with E-state index >= 15 is 0 Å². The maximum absolute atomic E-state index is 8.09. The van der Waals surface area contributed by atoms with Crippen molar-refractivity contribution in [3.8, 4) is 0 Å². The zero-order valence-corrected chi connectivity index (χ0v) is 8.75. The average Bonchev–Trinajstić information content (AvgIpc) is 2.41. The Morgan fingerprint density at radius 2 is 2.69 bits per heavy atom. The third-order valence-corrected chi connectivity index (χ3v) is 2.97. The van der Waals surface area contributed by atoms with E-state index in [0.717, 1.165) is 0 Å². The summed E-state index contributed by atoms with van der Waals surface area (Å²) in [5, 5.41) is 11.1. The van der Waals surface area contributed by atoms with Gasteiger partial charge in [-0.05, 0) is 6.92 Å². The first-order valence-corrected chi connectivity index (χ1v) is 5.07. The second-order valence-electron chi connectivity index (χ2n) is 2.59. The van der Waals surface area contributed by atoms with Crippen LogP contribution in [0.3, 0.4) is 0 Å². The van der Waals surface area contributed by atoms with Gasteiger partial charge >= 0.3 is 0 Å². The van der Waals surface area contributed by atoms with Crippen LogP contribution in [0, 0.1) is 0 Å². The Kier molecular flexibility index (Phi) is 4.02. The van der Waals surface area contributed by atoms with Crippen LogP contribution in [-0.2, 0) is 4.74 Å². The summed E-state index contributed by atoms with van der Waals surface area (Å²) in [7, 11) is 0. The molecule has 0 saturated carbocycles. The molecule has 0 spiro atoms. The molecule has 6 heteroatoms. The van der Waals surface area contributed by atoms with E-state index in [-0.39, 0.29) is 12.0 Å². The molecule has 0 aromatic rings. The number of oxime groups is 1. The first kappa shape index (κ1) is 10.8. The SMILES string of the molecule is CC1N=CC(Cl)(COCC=NO)S1. The molecule has 2 atom stereocenters. The van der Waals surface area contributed by atoms with Crippen molar-refractivity contribution in [1.82, 2.24) is 0 Å². The van der Waals surface area contributed by atoms with E-state index in [1.807, 2.05) is 6.92 Å². The lowest BCUT2D eigenvalue weighted by molar-refractivity contribution is 0.177. The van der Waals surface area contributed by atoms with Crippen molar-refractivity contribution >= 4 is 35.8 Å². The minimum Gasteiger partial charge on any atom is -0.411 e. The van der Waals surface area contributed by atoms with Gasteiger partial charge in [-0.15, -0.1) is 11.8 Å². The van der Waals surface area contributed by atoms with Crippen LogP contribution in [0.25, 0.3) is 0 Å². The molecule has 1 aliphatic heterocycles. The number of aliphatic imine (C=N–C) groups is 1. The third-order valence-electron chi connectivity index (χ3n) is 1.42. The number of ether oxygens (including phenoxy) is 1. The lowest BCUT2D eigenvalue weighted by Gasteiger charge is -2.16. The highest BCUT2D eigenvalue weighted by molar-refractivity contribution is 8.03.